The van der Waals surface area contributed by atoms with Crippen LogP contribution in [0.4, 0.5) is 17.1 Å². The zero-order valence-electron chi connectivity index (χ0n) is 19.8. The predicted molar refractivity (Wildman–Crippen MR) is 132 cm³/mol. The Kier molecular flexibility index (Phi) is 8.40. The minimum Gasteiger partial charge on any atom is -0.324 e. The number of carbonyl (C=O) groups excluding carboxylic acids is 3. The molecule has 3 aliphatic rings. The van der Waals surface area contributed by atoms with Crippen LogP contribution < -0.4 is 16.0 Å². The normalized spacial score (nSPS) is 20.7. The Labute approximate surface area is 197 Å². The van der Waals surface area contributed by atoms with Crippen molar-refractivity contribution in [1.82, 2.24) is 0 Å². The van der Waals surface area contributed by atoms with Crippen LogP contribution in [-0.2, 0) is 14.4 Å². The molecule has 0 spiro atoms. The second-order valence-electron chi connectivity index (χ2n) is 10.2. The first-order chi connectivity index (χ1) is 16.1. The van der Waals surface area contributed by atoms with Gasteiger partial charge in [0.15, 0.2) is 0 Å². The van der Waals surface area contributed by atoms with Crippen LogP contribution in [0.1, 0.15) is 96.3 Å². The van der Waals surface area contributed by atoms with Gasteiger partial charge in [0.25, 0.3) is 0 Å². The van der Waals surface area contributed by atoms with Crippen LogP contribution in [0.25, 0.3) is 0 Å². The van der Waals surface area contributed by atoms with Crippen LogP contribution in [0, 0.1) is 17.8 Å². The lowest BCUT2D eigenvalue weighted by molar-refractivity contribution is -0.121. The van der Waals surface area contributed by atoms with E-state index in [1.807, 2.05) is 18.2 Å². The van der Waals surface area contributed by atoms with Gasteiger partial charge in [-0.2, -0.15) is 0 Å². The van der Waals surface area contributed by atoms with Crippen molar-refractivity contribution in [1.29, 1.82) is 0 Å². The number of amides is 3. The minimum absolute atomic E-state index is 0.0113. The van der Waals surface area contributed by atoms with Gasteiger partial charge in [0.2, 0.25) is 17.7 Å². The van der Waals surface area contributed by atoms with Crippen molar-refractivity contribution in [3.63, 3.8) is 0 Å². The van der Waals surface area contributed by atoms with E-state index in [0.717, 1.165) is 77.0 Å². The second-order valence-corrected chi connectivity index (χ2v) is 10.2. The zero-order valence-corrected chi connectivity index (χ0v) is 19.8. The Hall–Kier alpha value is -2.37. The summed E-state index contributed by atoms with van der Waals surface area (Å²) in [5.74, 6) is 0.0319. The third kappa shape index (κ3) is 6.36. The van der Waals surface area contributed by atoms with Gasteiger partial charge in [-0.1, -0.05) is 63.9 Å². The van der Waals surface area contributed by atoms with Crippen molar-refractivity contribution in [3.8, 4) is 0 Å². The molecule has 0 heterocycles. The Balaban J connectivity index is 1.54. The van der Waals surface area contributed by atoms with Crippen molar-refractivity contribution in [2.45, 2.75) is 96.3 Å². The molecule has 0 aromatic heterocycles. The molecule has 3 fully saturated rings. The SMILES string of the molecule is O=C(Nc1cccc(NC(=O)C2CCCCC2)c1NC(=O)C1CCCCC1)C1CCCCC1. The predicted octanol–water partition coefficient (Wildman–Crippen LogP) is 6.24. The molecule has 3 N–H and O–H groups in total. The van der Waals surface area contributed by atoms with Crippen molar-refractivity contribution in [3.05, 3.63) is 18.2 Å². The molecule has 1 aromatic rings. The highest BCUT2D eigenvalue weighted by atomic mass is 16.2. The first kappa shape index (κ1) is 23.8. The molecule has 6 nitrogen and oxygen atoms in total. The van der Waals surface area contributed by atoms with E-state index in [0.29, 0.717) is 17.1 Å². The molecular weight excluding hydrogens is 414 g/mol. The molecule has 0 saturated heterocycles. The number of rotatable bonds is 6. The van der Waals surface area contributed by atoms with Crippen LogP contribution >= 0.6 is 0 Å². The van der Waals surface area contributed by atoms with Crippen molar-refractivity contribution >= 4 is 34.8 Å². The highest BCUT2D eigenvalue weighted by molar-refractivity contribution is 6.07. The number of nitrogens with one attached hydrogen (secondary N) is 3. The first-order valence-corrected chi connectivity index (χ1v) is 13.2. The highest BCUT2D eigenvalue weighted by Crippen LogP contribution is 2.35. The van der Waals surface area contributed by atoms with Crippen molar-refractivity contribution < 1.29 is 14.4 Å². The van der Waals surface area contributed by atoms with Crippen molar-refractivity contribution in [2.75, 3.05) is 16.0 Å². The summed E-state index contributed by atoms with van der Waals surface area (Å²) in [4.78, 5) is 39.1. The molecule has 4 rings (SSSR count). The molecule has 6 heteroatoms. The van der Waals surface area contributed by atoms with Crippen LogP contribution in [0.5, 0.6) is 0 Å². The summed E-state index contributed by atoms with van der Waals surface area (Å²) in [7, 11) is 0. The fraction of sp³-hybridized carbons (Fsp3) is 0.667. The fourth-order valence-electron chi connectivity index (χ4n) is 5.68. The Bertz CT molecular complexity index is 785. The Morgan fingerprint density at radius 2 is 0.848 bits per heavy atom. The largest absolute Gasteiger partial charge is 0.324 e. The maximum absolute atomic E-state index is 13.1. The average molecular weight is 454 g/mol. The van der Waals surface area contributed by atoms with E-state index >= 15 is 0 Å². The lowest BCUT2D eigenvalue weighted by atomic mass is 9.88. The summed E-state index contributed by atoms with van der Waals surface area (Å²) in [5, 5.41) is 9.25. The Morgan fingerprint density at radius 3 is 1.21 bits per heavy atom. The molecule has 3 aliphatic carbocycles. The zero-order chi connectivity index (χ0) is 23.0. The monoisotopic (exact) mass is 453 g/mol. The first-order valence-electron chi connectivity index (χ1n) is 13.2. The van der Waals surface area contributed by atoms with Crippen LogP contribution in [0.3, 0.4) is 0 Å². The lowest BCUT2D eigenvalue weighted by Crippen LogP contribution is -2.29. The Morgan fingerprint density at radius 1 is 0.515 bits per heavy atom. The van der Waals surface area contributed by atoms with Crippen molar-refractivity contribution in [2.24, 2.45) is 17.8 Å². The maximum atomic E-state index is 13.1. The summed E-state index contributed by atoms with van der Waals surface area (Å²) in [5.41, 5.74) is 1.69. The van der Waals surface area contributed by atoms with E-state index < -0.39 is 0 Å². The summed E-state index contributed by atoms with van der Waals surface area (Å²) in [6.45, 7) is 0. The molecule has 3 saturated carbocycles. The van der Waals surface area contributed by atoms with Crippen LogP contribution in [0.15, 0.2) is 18.2 Å². The number of hydrogen-bond donors (Lipinski definition) is 3. The number of benzene rings is 1. The van der Waals surface area contributed by atoms with E-state index in [1.54, 1.807) is 0 Å². The summed E-state index contributed by atoms with van der Waals surface area (Å²) < 4.78 is 0. The molecule has 3 amide bonds. The summed E-state index contributed by atoms with van der Waals surface area (Å²) in [6.07, 6.45) is 15.5. The van der Waals surface area contributed by atoms with Gasteiger partial charge < -0.3 is 16.0 Å². The van der Waals surface area contributed by atoms with Gasteiger partial charge in [-0.15, -0.1) is 0 Å². The quantitative estimate of drug-likeness (QED) is 0.476. The van der Waals surface area contributed by atoms with Gasteiger partial charge in [0, 0.05) is 17.8 Å². The molecule has 0 atom stereocenters. The van der Waals surface area contributed by atoms with Gasteiger partial charge in [0.05, 0.1) is 17.1 Å². The number of hydrogen-bond acceptors (Lipinski definition) is 3. The maximum Gasteiger partial charge on any atom is 0.227 e. The van der Waals surface area contributed by atoms with E-state index in [4.69, 9.17) is 0 Å². The summed E-state index contributed by atoms with van der Waals surface area (Å²) >= 11 is 0. The molecule has 0 aliphatic heterocycles. The lowest BCUT2D eigenvalue weighted by Gasteiger charge is -2.26. The molecule has 0 radical (unpaired) electrons. The minimum atomic E-state index is -0.0118. The van der Waals surface area contributed by atoms with E-state index in [2.05, 4.69) is 16.0 Å². The molecular formula is C27H39N3O3. The van der Waals surface area contributed by atoms with Gasteiger partial charge >= 0.3 is 0 Å². The van der Waals surface area contributed by atoms with E-state index in [1.165, 1.54) is 19.3 Å². The third-order valence-corrected chi connectivity index (χ3v) is 7.76. The topological polar surface area (TPSA) is 87.3 Å². The molecule has 1 aromatic carbocycles. The number of carbonyl (C=O) groups is 3. The second kappa shape index (κ2) is 11.7. The van der Waals surface area contributed by atoms with Gasteiger partial charge in [-0.3, -0.25) is 14.4 Å². The number of anilines is 3. The van der Waals surface area contributed by atoms with E-state index in [-0.39, 0.29) is 35.5 Å². The molecule has 0 bridgehead atoms. The molecule has 180 valence electrons. The smallest absolute Gasteiger partial charge is 0.227 e. The molecule has 0 unspecified atom stereocenters. The average Bonchev–Trinajstić information content (AvgIpc) is 2.87. The highest BCUT2D eigenvalue weighted by Gasteiger charge is 2.27. The van der Waals surface area contributed by atoms with Crippen LogP contribution in [0.2, 0.25) is 0 Å². The van der Waals surface area contributed by atoms with Crippen LogP contribution in [-0.4, -0.2) is 17.7 Å². The van der Waals surface area contributed by atoms with Gasteiger partial charge in [-0.25, -0.2) is 0 Å². The fourth-order valence-corrected chi connectivity index (χ4v) is 5.68. The number of para-hydroxylation sites is 1. The van der Waals surface area contributed by atoms with Gasteiger partial charge in [0.1, 0.15) is 0 Å². The van der Waals surface area contributed by atoms with E-state index in [9.17, 15) is 14.4 Å². The third-order valence-electron chi connectivity index (χ3n) is 7.76. The standard InChI is InChI=1S/C27H39N3O3/c31-25(19-11-4-1-5-12-19)28-22-17-10-18-23(29-26(32)20-13-6-2-7-14-20)24(22)30-27(33)21-15-8-3-9-16-21/h10,17-21H,1-9,11-16H2,(H,28,31)(H,29,32)(H,30,33). The summed E-state index contributed by atoms with van der Waals surface area (Å²) in [6, 6.07) is 5.49. The molecule has 33 heavy (non-hydrogen) atoms. The van der Waals surface area contributed by atoms with Gasteiger partial charge in [-0.05, 0) is 50.7 Å².